The molecule has 0 bridgehead atoms. The van der Waals surface area contributed by atoms with Gasteiger partial charge in [0.05, 0.1) is 34.5 Å². The summed E-state index contributed by atoms with van der Waals surface area (Å²) in [4.78, 5) is 39.7. The lowest BCUT2D eigenvalue weighted by molar-refractivity contribution is -0.131. The lowest BCUT2D eigenvalue weighted by Crippen LogP contribution is -2.52. The first-order valence-electron chi connectivity index (χ1n) is 9.22. The molecule has 0 aliphatic carbocycles. The second-order valence-corrected chi connectivity index (χ2v) is 6.16. The quantitative estimate of drug-likeness (QED) is 0.708. The zero-order valence-corrected chi connectivity index (χ0v) is 17.1. The third-order valence-electron chi connectivity index (χ3n) is 4.49. The van der Waals surface area contributed by atoms with E-state index in [1.165, 1.54) is 33.5 Å². The summed E-state index contributed by atoms with van der Waals surface area (Å²) in [5, 5.41) is 2.60. The number of carbonyl (C=O) groups excluding carboxylic acids is 3. The van der Waals surface area contributed by atoms with E-state index in [-0.39, 0.29) is 24.1 Å². The van der Waals surface area contributed by atoms with Crippen molar-refractivity contribution < 1.29 is 33.3 Å². The molecule has 29 heavy (non-hydrogen) atoms. The predicted octanol–water partition coefficient (Wildman–Crippen LogP) is 0.743. The summed E-state index contributed by atoms with van der Waals surface area (Å²) in [7, 11) is 4.39. The number of rotatable bonds is 7. The molecule has 2 rings (SSSR count). The van der Waals surface area contributed by atoms with Crippen LogP contribution >= 0.6 is 0 Å². The maximum absolute atomic E-state index is 12.5. The lowest BCUT2D eigenvalue weighted by Gasteiger charge is -2.34. The first kappa shape index (κ1) is 22.1. The van der Waals surface area contributed by atoms with Crippen LogP contribution in [-0.4, -0.2) is 88.4 Å². The lowest BCUT2D eigenvalue weighted by atomic mass is 10.1. The van der Waals surface area contributed by atoms with Gasteiger partial charge < -0.3 is 34.1 Å². The number of hydrogen-bond acceptors (Lipinski definition) is 7. The number of nitrogens with zero attached hydrogens (tertiary/aromatic N) is 2. The Balaban J connectivity index is 1.92. The van der Waals surface area contributed by atoms with E-state index in [1.54, 1.807) is 16.7 Å². The van der Waals surface area contributed by atoms with Crippen LogP contribution in [0.15, 0.2) is 12.1 Å². The fraction of sp³-hybridized carbons (Fsp3) is 0.526. The van der Waals surface area contributed by atoms with Crippen LogP contribution < -0.4 is 19.5 Å². The van der Waals surface area contributed by atoms with Crippen molar-refractivity contribution in [1.29, 1.82) is 0 Å². The van der Waals surface area contributed by atoms with Crippen molar-refractivity contribution in [2.75, 3.05) is 60.7 Å². The highest BCUT2D eigenvalue weighted by Crippen LogP contribution is 2.38. The molecule has 0 spiro atoms. The summed E-state index contributed by atoms with van der Waals surface area (Å²) in [5.41, 5.74) is 0.277. The van der Waals surface area contributed by atoms with Crippen LogP contribution in [-0.2, 0) is 9.53 Å². The smallest absolute Gasteiger partial charge is 0.409 e. The summed E-state index contributed by atoms with van der Waals surface area (Å²) in [6.45, 7) is 3.46. The molecule has 10 heteroatoms. The summed E-state index contributed by atoms with van der Waals surface area (Å²) in [6.07, 6.45) is -0.379. The van der Waals surface area contributed by atoms with Crippen LogP contribution in [0.2, 0.25) is 0 Å². The minimum absolute atomic E-state index is 0.158. The largest absolute Gasteiger partial charge is 0.493 e. The number of ether oxygens (including phenoxy) is 4. The minimum atomic E-state index is -0.442. The zero-order valence-electron chi connectivity index (χ0n) is 17.1. The van der Waals surface area contributed by atoms with Crippen LogP contribution in [0.4, 0.5) is 4.79 Å². The Bertz CT molecular complexity index is 720. The molecule has 1 saturated heterocycles. The Labute approximate surface area is 169 Å². The molecule has 1 N–H and O–H groups in total. The number of carbonyl (C=O) groups is 3. The molecule has 1 aliphatic heterocycles. The average molecular weight is 409 g/mol. The molecule has 1 aliphatic rings. The van der Waals surface area contributed by atoms with Gasteiger partial charge in [0.2, 0.25) is 11.7 Å². The molecule has 10 nitrogen and oxygen atoms in total. The summed E-state index contributed by atoms with van der Waals surface area (Å²) in [6, 6.07) is 3.03. The van der Waals surface area contributed by atoms with Crippen LogP contribution in [0.1, 0.15) is 17.3 Å². The Kier molecular flexibility index (Phi) is 7.93. The SMILES string of the molecule is CCOC(=O)N1CCN(C(=O)CNC(=O)c2cc(OC)c(OC)c(OC)c2)CC1. The molecule has 1 aromatic rings. The molecule has 1 aromatic carbocycles. The number of methoxy groups -OCH3 is 3. The normalized spacial score (nSPS) is 13.5. The molecule has 0 saturated carbocycles. The van der Waals surface area contributed by atoms with Crippen LogP contribution in [0.5, 0.6) is 17.2 Å². The van der Waals surface area contributed by atoms with Crippen molar-refractivity contribution >= 4 is 17.9 Å². The third-order valence-corrected chi connectivity index (χ3v) is 4.49. The van der Waals surface area contributed by atoms with Gasteiger partial charge in [-0.1, -0.05) is 0 Å². The summed E-state index contributed by atoms with van der Waals surface area (Å²) >= 11 is 0. The molecule has 1 fully saturated rings. The molecule has 160 valence electrons. The highest BCUT2D eigenvalue weighted by Gasteiger charge is 2.25. The molecule has 0 unspecified atom stereocenters. The maximum atomic E-state index is 12.5. The second-order valence-electron chi connectivity index (χ2n) is 6.16. The molecular weight excluding hydrogens is 382 g/mol. The predicted molar refractivity (Wildman–Crippen MR) is 104 cm³/mol. The topological polar surface area (TPSA) is 107 Å². The van der Waals surface area contributed by atoms with E-state index in [9.17, 15) is 14.4 Å². The highest BCUT2D eigenvalue weighted by atomic mass is 16.6. The van der Waals surface area contributed by atoms with E-state index in [0.29, 0.717) is 50.0 Å². The molecule has 0 atom stereocenters. The Hall–Kier alpha value is -3.17. The minimum Gasteiger partial charge on any atom is -0.493 e. The van der Waals surface area contributed by atoms with Crippen LogP contribution in [0.3, 0.4) is 0 Å². The zero-order chi connectivity index (χ0) is 21.4. The number of benzene rings is 1. The van der Waals surface area contributed by atoms with E-state index >= 15 is 0 Å². The Morgan fingerprint density at radius 1 is 0.931 bits per heavy atom. The standard InChI is InChI=1S/C19H27N3O7/c1-5-29-19(25)22-8-6-21(7-9-22)16(23)12-20-18(24)13-10-14(26-2)17(28-4)15(11-13)27-3/h10-11H,5-9,12H2,1-4H3,(H,20,24). The highest BCUT2D eigenvalue weighted by molar-refractivity contribution is 5.97. The Morgan fingerprint density at radius 3 is 1.97 bits per heavy atom. The van der Waals surface area contributed by atoms with Gasteiger partial charge in [-0.15, -0.1) is 0 Å². The molecule has 0 aromatic heterocycles. The van der Waals surface area contributed by atoms with E-state index in [0.717, 1.165) is 0 Å². The first-order valence-corrected chi connectivity index (χ1v) is 9.22. The van der Waals surface area contributed by atoms with Gasteiger partial charge in [-0.2, -0.15) is 0 Å². The maximum Gasteiger partial charge on any atom is 0.409 e. The summed E-state index contributed by atoms with van der Waals surface area (Å²) in [5.74, 6) is 0.399. The molecule has 0 radical (unpaired) electrons. The monoisotopic (exact) mass is 409 g/mol. The van der Waals surface area contributed by atoms with Gasteiger partial charge in [0.15, 0.2) is 11.5 Å². The van der Waals surface area contributed by atoms with Gasteiger partial charge in [0.1, 0.15) is 0 Å². The van der Waals surface area contributed by atoms with Gasteiger partial charge in [-0.25, -0.2) is 4.79 Å². The van der Waals surface area contributed by atoms with E-state index < -0.39 is 5.91 Å². The molecule has 1 heterocycles. The van der Waals surface area contributed by atoms with Crippen molar-refractivity contribution in [1.82, 2.24) is 15.1 Å². The van der Waals surface area contributed by atoms with E-state index in [4.69, 9.17) is 18.9 Å². The van der Waals surface area contributed by atoms with Gasteiger partial charge in [-0.05, 0) is 19.1 Å². The number of nitrogens with one attached hydrogen (secondary N) is 1. The van der Waals surface area contributed by atoms with Gasteiger partial charge >= 0.3 is 6.09 Å². The number of hydrogen-bond donors (Lipinski definition) is 1. The third kappa shape index (κ3) is 5.43. The van der Waals surface area contributed by atoms with Crippen molar-refractivity contribution in [3.05, 3.63) is 17.7 Å². The van der Waals surface area contributed by atoms with E-state index in [2.05, 4.69) is 5.32 Å². The van der Waals surface area contributed by atoms with Gasteiger partial charge in [0, 0.05) is 31.7 Å². The fourth-order valence-electron chi connectivity index (χ4n) is 2.94. The molecular formula is C19H27N3O7. The van der Waals surface area contributed by atoms with Crippen molar-refractivity contribution in [3.8, 4) is 17.2 Å². The number of piperazine rings is 1. The summed E-state index contributed by atoms with van der Waals surface area (Å²) < 4.78 is 20.7. The van der Waals surface area contributed by atoms with Crippen molar-refractivity contribution in [2.24, 2.45) is 0 Å². The average Bonchev–Trinajstić information content (AvgIpc) is 2.76. The van der Waals surface area contributed by atoms with Crippen molar-refractivity contribution in [3.63, 3.8) is 0 Å². The number of amides is 3. The van der Waals surface area contributed by atoms with Gasteiger partial charge in [0.25, 0.3) is 5.91 Å². The van der Waals surface area contributed by atoms with Gasteiger partial charge in [-0.3, -0.25) is 9.59 Å². The fourth-order valence-corrected chi connectivity index (χ4v) is 2.94. The molecule has 3 amide bonds. The van der Waals surface area contributed by atoms with Crippen LogP contribution in [0.25, 0.3) is 0 Å². The van der Waals surface area contributed by atoms with E-state index in [1.807, 2.05) is 0 Å². The second kappa shape index (κ2) is 10.4. The van der Waals surface area contributed by atoms with Crippen molar-refractivity contribution in [2.45, 2.75) is 6.92 Å². The first-order chi connectivity index (χ1) is 13.9. The van der Waals surface area contributed by atoms with Crippen LogP contribution in [0, 0.1) is 0 Å². The Morgan fingerprint density at radius 2 is 1.48 bits per heavy atom.